The number of hydrogen-bond acceptors (Lipinski definition) is 3. The van der Waals surface area contributed by atoms with Crippen molar-refractivity contribution >= 4 is 23.0 Å². The lowest BCUT2D eigenvalue weighted by atomic mass is 10.2. The Morgan fingerprint density at radius 1 is 1.24 bits per heavy atom. The molecule has 0 amide bonds. The van der Waals surface area contributed by atoms with Gasteiger partial charge in [0.05, 0.1) is 0 Å². The summed E-state index contributed by atoms with van der Waals surface area (Å²) < 4.78 is 0. The summed E-state index contributed by atoms with van der Waals surface area (Å²) in [7, 11) is 0. The van der Waals surface area contributed by atoms with Crippen LogP contribution >= 0.6 is 11.6 Å². The standard InChI is InChI=1S/C11H10ClN3O2/c1-6-4-7(12)2-3-8(6)14-9-5-13-11(17)15-10(9)16/h2-5,14H,1H3,(H2,13,15,16,17). The first-order chi connectivity index (χ1) is 8.06. The Morgan fingerprint density at radius 2 is 2.00 bits per heavy atom. The number of halogens is 1. The third kappa shape index (κ3) is 2.57. The molecule has 6 heteroatoms. The molecule has 0 aliphatic heterocycles. The average molecular weight is 252 g/mol. The minimum Gasteiger partial charge on any atom is -0.350 e. The van der Waals surface area contributed by atoms with E-state index in [0.717, 1.165) is 11.3 Å². The van der Waals surface area contributed by atoms with Gasteiger partial charge in [-0.15, -0.1) is 0 Å². The molecule has 3 N–H and O–H groups in total. The molecule has 0 aliphatic carbocycles. The molecule has 1 aromatic heterocycles. The molecule has 0 saturated heterocycles. The molecule has 1 aromatic carbocycles. The smallest absolute Gasteiger partial charge is 0.325 e. The second kappa shape index (κ2) is 4.47. The van der Waals surface area contributed by atoms with Crippen LogP contribution in [-0.2, 0) is 0 Å². The summed E-state index contributed by atoms with van der Waals surface area (Å²) in [4.78, 5) is 26.8. The van der Waals surface area contributed by atoms with Crippen molar-refractivity contribution in [1.29, 1.82) is 0 Å². The largest absolute Gasteiger partial charge is 0.350 e. The van der Waals surface area contributed by atoms with Gasteiger partial charge in [-0.3, -0.25) is 9.78 Å². The van der Waals surface area contributed by atoms with Gasteiger partial charge in [0.25, 0.3) is 5.56 Å². The molecule has 1 heterocycles. The molecule has 0 radical (unpaired) electrons. The van der Waals surface area contributed by atoms with Gasteiger partial charge in [0.1, 0.15) is 5.69 Å². The Kier molecular flexibility index (Phi) is 3.01. The van der Waals surface area contributed by atoms with Crippen LogP contribution < -0.4 is 16.6 Å². The highest BCUT2D eigenvalue weighted by atomic mass is 35.5. The Bertz CT molecular complexity index is 660. The zero-order valence-corrected chi connectivity index (χ0v) is 9.76. The third-order valence-corrected chi connectivity index (χ3v) is 2.51. The first kappa shape index (κ1) is 11.5. The van der Waals surface area contributed by atoms with Crippen molar-refractivity contribution in [3.8, 4) is 0 Å². The maximum Gasteiger partial charge on any atom is 0.325 e. The monoisotopic (exact) mass is 251 g/mol. The minimum atomic E-state index is -0.534. The van der Waals surface area contributed by atoms with E-state index in [9.17, 15) is 9.59 Å². The molecule has 2 aromatic rings. The number of H-pyrrole nitrogens is 2. The lowest BCUT2D eigenvalue weighted by Gasteiger charge is -2.08. The predicted octanol–water partition coefficient (Wildman–Crippen LogP) is 1.77. The Hall–Kier alpha value is -2.01. The molecular formula is C11H10ClN3O2. The predicted molar refractivity (Wildman–Crippen MR) is 67.2 cm³/mol. The van der Waals surface area contributed by atoms with E-state index in [1.807, 2.05) is 6.92 Å². The summed E-state index contributed by atoms with van der Waals surface area (Å²) in [5, 5.41) is 3.55. The quantitative estimate of drug-likeness (QED) is 0.761. The summed E-state index contributed by atoms with van der Waals surface area (Å²) in [6, 6.07) is 5.27. The molecule has 0 unspecified atom stereocenters. The Labute approximate surface area is 101 Å². The van der Waals surface area contributed by atoms with Crippen molar-refractivity contribution in [1.82, 2.24) is 9.97 Å². The van der Waals surface area contributed by atoms with E-state index in [2.05, 4.69) is 15.3 Å². The molecule has 0 atom stereocenters. The Morgan fingerprint density at radius 3 is 2.65 bits per heavy atom. The number of aromatic amines is 2. The number of aryl methyl sites for hydroxylation is 1. The molecule has 2 rings (SSSR count). The fourth-order valence-corrected chi connectivity index (χ4v) is 1.64. The number of benzene rings is 1. The summed E-state index contributed by atoms with van der Waals surface area (Å²) >= 11 is 5.83. The van der Waals surface area contributed by atoms with E-state index in [0.29, 0.717) is 5.02 Å². The molecular weight excluding hydrogens is 242 g/mol. The molecule has 0 bridgehead atoms. The van der Waals surface area contributed by atoms with Gasteiger partial charge < -0.3 is 10.3 Å². The van der Waals surface area contributed by atoms with E-state index in [1.54, 1.807) is 18.2 Å². The van der Waals surface area contributed by atoms with Crippen LogP contribution in [0.1, 0.15) is 5.56 Å². The van der Waals surface area contributed by atoms with Crippen molar-refractivity contribution < 1.29 is 0 Å². The zero-order valence-electron chi connectivity index (χ0n) is 9.00. The average Bonchev–Trinajstić information content (AvgIpc) is 2.25. The number of anilines is 2. The second-order valence-corrected chi connectivity index (χ2v) is 4.01. The van der Waals surface area contributed by atoms with Crippen LogP contribution in [0.25, 0.3) is 0 Å². The molecule has 0 saturated carbocycles. The third-order valence-electron chi connectivity index (χ3n) is 2.28. The zero-order chi connectivity index (χ0) is 12.4. The van der Waals surface area contributed by atoms with Crippen molar-refractivity contribution in [3.05, 3.63) is 55.8 Å². The lowest BCUT2D eigenvalue weighted by Crippen LogP contribution is -2.23. The summed E-state index contributed by atoms with van der Waals surface area (Å²) in [5.74, 6) is 0. The fourth-order valence-electron chi connectivity index (χ4n) is 1.42. The molecule has 88 valence electrons. The van der Waals surface area contributed by atoms with Gasteiger partial charge in [-0.1, -0.05) is 11.6 Å². The second-order valence-electron chi connectivity index (χ2n) is 3.57. The SMILES string of the molecule is Cc1cc(Cl)ccc1Nc1c[nH]c(=O)[nH]c1=O. The summed E-state index contributed by atoms with van der Waals surface area (Å²) in [5.41, 5.74) is 0.932. The molecule has 17 heavy (non-hydrogen) atoms. The van der Waals surface area contributed by atoms with E-state index in [1.165, 1.54) is 6.20 Å². The summed E-state index contributed by atoms with van der Waals surface area (Å²) in [6.45, 7) is 1.87. The van der Waals surface area contributed by atoms with Crippen molar-refractivity contribution in [2.45, 2.75) is 6.92 Å². The van der Waals surface area contributed by atoms with Gasteiger partial charge in [-0.2, -0.15) is 0 Å². The van der Waals surface area contributed by atoms with Gasteiger partial charge in [0.2, 0.25) is 0 Å². The number of aromatic nitrogens is 2. The van der Waals surface area contributed by atoms with Gasteiger partial charge in [-0.05, 0) is 30.7 Å². The highest BCUT2D eigenvalue weighted by Gasteiger charge is 2.03. The molecule has 0 fully saturated rings. The van der Waals surface area contributed by atoms with Gasteiger partial charge in [0, 0.05) is 16.9 Å². The van der Waals surface area contributed by atoms with Crippen LogP contribution in [0, 0.1) is 6.92 Å². The van der Waals surface area contributed by atoms with Crippen LogP contribution in [0.15, 0.2) is 34.0 Å². The first-order valence-electron chi connectivity index (χ1n) is 4.91. The van der Waals surface area contributed by atoms with E-state index < -0.39 is 11.2 Å². The lowest BCUT2D eigenvalue weighted by molar-refractivity contribution is 1.04. The van der Waals surface area contributed by atoms with Gasteiger partial charge in [0.15, 0.2) is 0 Å². The van der Waals surface area contributed by atoms with Crippen molar-refractivity contribution in [2.75, 3.05) is 5.32 Å². The highest BCUT2D eigenvalue weighted by molar-refractivity contribution is 6.30. The first-order valence-corrected chi connectivity index (χ1v) is 5.29. The number of nitrogens with one attached hydrogen (secondary N) is 3. The Balaban J connectivity index is 2.38. The van der Waals surface area contributed by atoms with Crippen LogP contribution in [0.2, 0.25) is 5.02 Å². The summed E-state index contributed by atoms with van der Waals surface area (Å²) in [6.07, 6.45) is 1.33. The number of hydrogen-bond donors (Lipinski definition) is 3. The van der Waals surface area contributed by atoms with Crippen LogP contribution in [-0.4, -0.2) is 9.97 Å². The minimum absolute atomic E-state index is 0.273. The van der Waals surface area contributed by atoms with Gasteiger partial charge in [-0.25, -0.2) is 4.79 Å². The van der Waals surface area contributed by atoms with Crippen LogP contribution in [0.5, 0.6) is 0 Å². The maximum absolute atomic E-state index is 11.5. The van der Waals surface area contributed by atoms with Crippen molar-refractivity contribution in [2.24, 2.45) is 0 Å². The van der Waals surface area contributed by atoms with E-state index in [-0.39, 0.29) is 5.69 Å². The van der Waals surface area contributed by atoms with E-state index in [4.69, 9.17) is 11.6 Å². The molecule has 5 nitrogen and oxygen atoms in total. The normalized spacial score (nSPS) is 10.2. The molecule has 0 aliphatic rings. The van der Waals surface area contributed by atoms with Gasteiger partial charge >= 0.3 is 5.69 Å². The van der Waals surface area contributed by atoms with E-state index >= 15 is 0 Å². The highest BCUT2D eigenvalue weighted by Crippen LogP contribution is 2.21. The van der Waals surface area contributed by atoms with Crippen molar-refractivity contribution in [3.63, 3.8) is 0 Å². The van der Waals surface area contributed by atoms with Crippen LogP contribution in [0.4, 0.5) is 11.4 Å². The number of rotatable bonds is 2. The maximum atomic E-state index is 11.5. The molecule has 0 spiro atoms. The topological polar surface area (TPSA) is 77.8 Å². The van der Waals surface area contributed by atoms with Crippen LogP contribution in [0.3, 0.4) is 0 Å². The fraction of sp³-hybridized carbons (Fsp3) is 0.0909.